The molecule has 0 fully saturated rings. The van der Waals surface area contributed by atoms with Crippen molar-refractivity contribution in [2.45, 2.75) is 19.4 Å². The first-order chi connectivity index (χ1) is 9.36. The molecule has 0 aliphatic carbocycles. The lowest BCUT2D eigenvalue weighted by molar-refractivity contribution is 0.464. The van der Waals surface area contributed by atoms with Gasteiger partial charge in [0.1, 0.15) is 5.52 Å². The summed E-state index contributed by atoms with van der Waals surface area (Å²) in [6.45, 7) is 3.00. The zero-order valence-corrected chi connectivity index (χ0v) is 11.5. The van der Waals surface area contributed by atoms with E-state index >= 15 is 0 Å². The maximum Gasteiger partial charge on any atom is 0.197 e. The molecule has 0 saturated heterocycles. The van der Waals surface area contributed by atoms with Crippen LogP contribution in [0.3, 0.4) is 0 Å². The number of hydrogen-bond acceptors (Lipinski definition) is 5. The third-order valence-electron chi connectivity index (χ3n) is 2.96. The molecule has 0 aliphatic heterocycles. The molecule has 0 radical (unpaired) electrons. The van der Waals surface area contributed by atoms with Crippen LogP contribution in [0.4, 0.5) is 0 Å². The summed E-state index contributed by atoms with van der Waals surface area (Å²) in [5.41, 5.74) is 3.61. The van der Waals surface area contributed by atoms with Crippen LogP contribution < -0.4 is 5.32 Å². The van der Waals surface area contributed by atoms with E-state index in [1.165, 1.54) is 4.88 Å². The van der Waals surface area contributed by atoms with Crippen LogP contribution in [-0.4, -0.2) is 16.5 Å². The molecule has 1 N–H and O–H groups in total. The molecular formula is C14H15N3OS. The van der Waals surface area contributed by atoms with Crippen molar-refractivity contribution < 1.29 is 4.42 Å². The fraction of sp³-hybridized carbons (Fsp3) is 0.286. The van der Waals surface area contributed by atoms with Crippen molar-refractivity contribution in [2.24, 2.45) is 0 Å². The number of thiazole rings is 1. The second-order valence-electron chi connectivity index (χ2n) is 4.29. The fourth-order valence-corrected chi connectivity index (χ4v) is 2.80. The Kier molecular flexibility index (Phi) is 3.57. The van der Waals surface area contributed by atoms with Crippen LogP contribution >= 0.6 is 11.3 Å². The van der Waals surface area contributed by atoms with E-state index in [9.17, 15) is 0 Å². The summed E-state index contributed by atoms with van der Waals surface area (Å²) in [6.07, 6.45) is 2.64. The molecule has 0 saturated carbocycles. The van der Waals surface area contributed by atoms with Crippen LogP contribution in [0.25, 0.3) is 11.1 Å². The first-order valence-electron chi connectivity index (χ1n) is 6.33. The number of aromatic nitrogens is 2. The molecule has 3 rings (SSSR count). The van der Waals surface area contributed by atoms with Crippen molar-refractivity contribution in [3.05, 3.63) is 46.7 Å². The lowest BCUT2D eigenvalue weighted by Gasteiger charge is -2.13. The minimum absolute atomic E-state index is 0.213. The molecule has 1 atom stereocenters. The largest absolute Gasteiger partial charge is 0.441 e. The predicted octanol–water partition coefficient (Wildman–Crippen LogP) is 3.18. The monoisotopic (exact) mass is 273 g/mol. The Balaban J connectivity index is 1.85. The van der Waals surface area contributed by atoms with Crippen molar-refractivity contribution in [2.75, 3.05) is 6.54 Å². The summed E-state index contributed by atoms with van der Waals surface area (Å²) in [5.74, 6) is 0.764. The highest BCUT2D eigenvalue weighted by molar-refractivity contribution is 7.09. The van der Waals surface area contributed by atoms with Gasteiger partial charge in [-0.3, -0.25) is 4.98 Å². The Morgan fingerprint density at radius 2 is 2.26 bits per heavy atom. The Labute approximate surface area is 115 Å². The second-order valence-corrected chi connectivity index (χ2v) is 5.21. The maximum absolute atomic E-state index is 5.78. The van der Waals surface area contributed by atoms with Gasteiger partial charge in [0, 0.05) is 17.5 Å². The number of nitrogens with zero attached hydrogens (tertiary/aromatic N) is 2. The Morgan fingerprint density at radius 3 is 3.00 bits per heavy atom. The number of oxazole rings is 1. The van der Waals surface area contributed by atoms with Crippen molar-refractivity contribution in [1.29, 1.82) is 0 Å². The molecule has 0 spiro atoms. The molecule has 1 unspecified atom stereocenters. The average molecular weight is 273 g/mol. The van der Waals surface area contributed by atoms with E-state index < -0.39 is 0 Å². The summed E-state index contributed by atoms with van der Waals surface area (Å²) in [7, 11) is 0. The molecule has 2 heterocycles. The Morgan fingerprint density at radius 1 is 1.37 bits per heavy atom. The Bertz CT molecular complexity index is 615. The average Bonchev–Trinajstić information content (AvgIpc) is 3.07. The van der Waals surface area contributed by atoms with Crippen LogP contribution in [0.15, 0.2) is 40.4 Å². The van der Waals surface area contributed by atoms with Gasteiger partial charge in [0.05, 0.1) is 11.6 Å². The van der Waals surface area contributed by atoms with E-state index in [0.29, 0.717) is 0 Å². The molecule has 98 valence electrons. The van der Waals surface area contributed by atoms with Gasteiger partial charge >= 0.3 is 0 Å². The Hall–Kier alpha value is -1.72. The fourth-order valence-electron chi connectivity index (χ4n) is 2.10. The molecule has 3 aromatic rings. The molecule has 4 nitrogen and oxygen atoms in total. The zero-order valence-electron chi connectivity index (χ0n) is 10.7. The minimum Gasteiger partial charge on any atom is -0.441 e. The van der Waals surface area contributed by atoms with E-state index in [0.717, 1.165) is 30.0 Å². The number of hydrogen-bond donors (Lipinski definition) is 1. The van der Waals surface area contributed by atoms with Crippen LogP contribution in [0.1, 0.15) is 23.7 Å². The van der Waals surface area contributed by atoms with Gasteiger partial charge in [-0.2, -0.15) is 0 Å². The first kappa shape index (κ1) is 12.3. The highest BCUT2D eigenvalue weighted by atomic mass is 32.1. The standard InChI is InChI=1S/C14H15N3OS/c1-2-16-11(13-8-15-9-19-13)7-14-17-10-5-3-4-6-12(10)18-14/h3-6,8-9,11,16H,2,7H2,1H3. The van der Waals surface area contributed by atoms with Crippen LogP contribution in [0.5, 0.6) is 0 Å². The predicted molar refractivity (Wildman–Crippen MR) is 76.2 cm³/mol. The van der Waals surface area contributed by atoms with Gasteiger partial charge in [-0.1, -0.05) is 19.1 Å². The van der Waals surface area contributed by atoms with Crippen molar-refractivity contribution >= 4 is 22.4 Å². The third-order valence-corrected chi connectivity index (χ3v) is 3.85. The lowest BCUT2D eigenvalue weighted by Crippen LogP contribution is -2.22. The van der Waals surface area contributed by atoms with Crippen molar-refractivity contribution in [3.8, 4) is 0 Å². The molecular weight excluding hydrogens is 258 g/mol. The van der Waals surface area contributed by atoms with Gasteiger partial charge in [-0.05, 0) is 18.7 Å². The van der Waals surface area contributed by atoms with Crippen LogP contribution in [0, 0.1) is 0 Å². The summed E-state index contributed by atoms with van der Waals surface area (Å²) in [4.78, 5) is 9.87. The summed E-state index contributed by atoms with van der Waals surface area (Å²) in [5, 5.41) is 3.45. The lowest BCUT2D eigenvalue weighted by atomic mass is 10.2. The van der Waals surface area contributed by atoms with Gasteiger partial charge < -0.3 is 9.73 Å². The SMILES string of the molecule is CCNC(Cc1nc2ccccc2o1)c1cncs1. The molecule has 0 bridgehead atoms. The van der Waals surface area contributed by atoms with E-state index in [1.54, 1.807) is 11.3 Å². The summed E-state index contributed by atoms with van der Waals surface area (Å²) >= 11 is 1.65. The van der Waals surface area contributed by atoms with E-state index in [-0.39, 0.29) is 6.04 Å². The second kappa shape index (κ2) is 5.50. The molecule has 2 aromatic heterocycles. The van der Waals surface area contributed by atoms with Crippen molar-refractivity contribution in [1.82, 2.24) is 15.3 Å². The highest BCUT2D eigenvalue weighted by Crippen LogP contribution is 2.23. The van der Waals surface area contributed by atoms with Crippen LogP contribution in [-0.2, 0) is 6.42 Å². The number of benzene rings is 1. The maximum atomic E-state index is 5.78. The normalized spacial score (nSPS) is 12.9. The topological polar surface area (TPSA) is 51.0 Å². The van der Waals surface area contributed by atoms with Gasteiger partial charge in [-0.15, -0.1) is 11.3 Å². The minimum atomic E-state index is 0.213. The van der Waals surface area contributed by atoms with Crippen molar-refractivity contribution in [3.63, 3.8) is 0 Å². The van der Waals surface area contributed by atoms with Gasteiger partial charge in [-0.25, -0.2) is 4.98 Å². The third kappa shape index (κ3) is 2.67. The number of nitrogens with one attached hydrogen (secondary N) is 1. The van der Waals surface area contributed by atoms with Gasteiger partial charge in [0.25, 0.3) is 0 Å². The van der Waals surface area contributed by atoms with E-state index in [4.69, 9.17) is 4.42 Å². The summed E-state index contributed by atoms with van der Waals surface area (Å²) < 4.78 is 5.78. The number of para-hydroxylation sites is 2. The molecule has 0 aliphatic rings. The van der Waals surface area contributed by atoms with E-state index in [2.05, 4.69) is 22.2 Å². The van der Waals surface area contributed by atoms with E-state index in [1.807, 2.05) is 36.0 Å². The first-order valence-corrected chi connectivity index (χ1v) is 7.21. The van der Waals surface area contributed by atoms with Gasteiger partial charge in [0.2, 0.25) is 0 Å². The number of rotatable bonds is 5. The molecule has 19 heavy (non-hydrogen) atoms. The highest BCUT2D eigenvalue weighted by Gasteiger charge is 2.16. The molecule has 1 aromatic carbocycles. The smallest absolute Gasteiger partial charge is 0.197 e. The summed E-state index contributed by atoms with van der Waals surface area (Å²) in [6, 6.07) is 8.06. The number of fused-ring (bicyclic) bond motifs is 1. The molecule has 5 heteroatoms. The zero-order chi connectivity index (χ0) is 13.1. The van der Waals surface area contributed by atoms with Gasteiger partial charge in [0.15, 0.2) is 11.5 Å². The quantitative estimate of drug-likeness (QED) is 0.775. The number of likely N-dealkylation sites (N-methyl/N-ethyl adjacent to an activating group) is 1. The molecule has 0 amide bonds. The van der Waals surface area contributed by atoms with Crippen LogP contribution in [0.2, 0.25) is 0 Å².